The van der Waals surface area contributed by atoms with Crippen LogP contribution in [0.3, 0.4) is 0 Å². The topological polar surface area (TPSA) is 90.6 Å². The van der Waals surface area contributed by atoms with Crippen LogP contribution in [0.25, 0.3) is 0 Å². The Hall–Kier alpha value is -2.10. The molecule has 2 aromatic carbocycles. The normalized spacial score (nSPS) is 11.0. The summed E-state index contributed by atoms with van der Waals surface area (Å²) in [6.07, 6.45) is 0.782. The molecule has 0 aliphatic carbocycles. The van der Waals surface area contributed by atoms with Crippen molar-refractivity contribution in [3.8, 4) is 11.5 Å². The number of nitrogens with one attached hydrogen (secondary N) is 1. The second-order valence-corrected chi connectivity index (χ2v) is 9.06. The van der Waals surface area contributed by atoms with Gasteiger partial charge in [-0.05, 0) is 59.8 Å². The van der Waals surface area contributed by atoms with Crippen LogP contribution in [0.2, 0.25) is 0 Å². The number of ether oxygens (including phenoxy) is 2. The van der Waals surface area contributed by atoms with Gasteiger partial charge in [-0.1, -0.05) is 24.3 Å². The molecule has 0 aliphatic heterocycles. The van der Waals surface area contributed by atoms with Gasteiger partial charge in [0.05, 0.1) is 12.0 Å². The van der Waals surface area contributed by atoms with Crippen LogP contribution in [-0.4, -0.2) is 22.1 Å². The summed E-state index contributed by atoms with van der Waals surface area (Å²) in [4.78, 5) is 1.29. The maximum absolute atomic E-state index is 11.3. The van der Waals surface area contributed by atoms with E-state index in [0.717, 1.165) is 34.7 Å². The highest BCUT2D eigenvalue weighted by Crippen LogP contribution is 2.29. The molecule has 0 spiro atoms. The predicted molar refractivity (Wildman–Crippen MR) is 122 cm³/mol. The highest BCUT2D eigenvalue weighted by Gasteiger charge is 2.08. The van der Waals surface area contributed by atoms with Crippen molar-refractivity contribution in [2.75, 3.05) is 13.7 Å². The summed E-state index contributed by atoms with van der Waals surface area (Å²) in [5.74, 6) is 1.43. The van der Waals surface area contributed by atoms with Crippen LogP contribution in [0.1, 0.15) is 16.0 Å². The van der Waals surface area contributed by atoms with Crippen LogP contribution >= 0.6 is 23.7 Å². The van der Waals surface area contributed by atoms with Crippen LogP contribution in [0.15, 0.2) is 64.9 Å². The van der Waals surface area contributed by atoms with E-state index in [0.29, 0.717) is 18.9 Å². The Bertz CT molecular complexity index is 1020. The lowest BCUT2D eigenvalue weighted by Gasteiger charge is -2.12. The Morgan fingerprint density at radius 1 is 1.03 bits per heavy atom. The predicted octanol–water partition coefficient (Wildman–Crippen LogP) is 3.74. The molecule has 30 heavy (non-hydrogen) atoms. The van der Waals surface area contributed by atoms with Gasteiger partial charge in [0.1, 0.15) is 6.61 Å². The summed E-state index contributed by atoms with van der Waals surface area (Å²) in [6.45, 7) is 1.97. The van der Waals surface area contributed by atoms with Gasteiger partial charge in [0, 0.05) is 11.4 Å². The molecular weight excluding hydrogens is 444 g/mol. The highest BCUT2D eigenvalue weighted by atomic mass is 35.5. The largest absolute Gasteiger partial charge is 0.493 e. The molecule has 3 aromatic rings. The fourth-order valence-electron chi connectivity index (χ4n) is 2.80. The number of benzene rings is 2. The molecular formula is C21H25ClN2O4S2. The van der Waals surface area contributed by atoms with E-state index in [9.17, 15) is 8.42 Å². The summed E-state index contributed by atoms with van der Waals surface area (Å²) < 4.78 is 33.9. The number of rotatable bonds is 10. The third-order valence-corrected chi connectivity index (χ3v) is 6.13. The number of methoxy groups -OCH3 is 1. The first-order chi connectivity index (χ1) is 14.0. The number of thiophene rings is 1. The van der Waals surface area contributed by atoms with Crippen LogP contribution < -0.4 is 19.9 Å². The van der Waals surface area contributed by atoms with Gasteiger partial charge in [-0.3, -0.25) is 0 Å². The molecule has 1 heterocycles. The SMILES string of the molecule is COc1cc(CNCCc2ccc(S(N)(=O)=O)cc2)ccc1OCc1cccs1.Cl. The lowest BCUT2D eigenvalue weighted by molar-refractivity contribution is 0.287. The molecule has 9 heteroatoms. The number of halogens is 1. The van der Waals surface area contributed by atoms with E-state index in [1.807, 2.05) is 35.7 Å². The van der Waals surface area contributed by atoms with Crippen molar-refractivity contribution in [3.63, 3.8) is 0 Å². The van der Waals surface area contributed by atoms with Gasteiger partial charge in [0.25, 0.3) is 0 Å². The number of sulfonamides is 1. The maximum atomic E-state index is 11.3. The van der Waals surface area contributed by atoms with Crippen LogP contribution in [0, 0.1) is 0 Å². The lowest BCUT2D eigenvalue weighted by atomic mass is 10.1. The number of nitrogens with two attached hydrogens (primary N) is 1. The van der Waals surface area contributed by atoms with Crippen LogP contribution in [0.5, 0.6) is 11.5 Å². The van der Waals surface area contributed by atoms with Crippen LogP contribution in [-0.2, 0) is 29.6 Å². The average molecular weight is 469 g/mol. The molecule has 0 radical (unpaired) electrons. The molecule has 0 aliphatic rings. The molecule has 0 bridgehead atoms. The minimum absolute atomic E-state index is 0. The van der Waals surface area contributed by atoms with Gasteiger partial charge in [0.15, 0.2) is 11.5 Å². The minimum atomic E-state index is -3.65. The zero-order valence-electron chi connectivity index (χ0n) is 16.5. The molecule has 0 unspecified atom stereocenters. The van der Waals surface area contributed by atoms with Crippen molar-refractivity contribution >= 4 is 33.8 Å². The Kier molecular flexibility index (Phi) is 9.13. The van der Waals surface area contributed by atoms with E-state index < -0.39 is 10.0 Å². The second kappa shape index (κ2) is 11.3. The molecule has 3 rings (SSSR count). The van der Waals surface area contributed by atoms with Crippen molar-refractivity contribution in [1.82, 2.24) is 5.32 Å². The maximum Gasteiger partial charge on any atom is 0.238 e. The van der Waals surface area contributed by atoms with E-state index >= 15 is 0 Å². The van der Waals surface area contributed by atoms with Crippen molar-refractivity contribution in [2.45, 2.75) is 24.5 Å². The summed E-state index contributed by atoms with van der Waals surface area (Å²) in [7, 11) is -2.01. The summed E-state index contributed by atoms with van der Waals surface area (Å²) in [6, 6.07) is 16.6. The van der Waals surface area contributed by atoms with Gasteiger partial charge in [-0.25, -0.2) is 13.6 Å². The Morgan fingerprint density at radius 3 is 2.40 bits per heavy atom. The molecule has 0 saturated heterocycles. The smallest absolute Gasteiger partial charge is 0.238 e. The van der Waals surface area contributed by atoms with Gasteiger partial charge in [0.2, 0.25) is 10.0 Å². The van der Waals surface area contributed by atoms with Crippen LogP contribution in [0.4, 0.5) is 0 Å². The first-order valence-corrected chi connectivity index (χ1v) is 11.5. The van der Waals surface area contributed by atoms with Gasteiger partial charge in [-0.2, -0.15) is 0 Å². The third-order valence-electron chi connectivity index (χ3n) is 4.35. The van der Waals surface area contributed by atoms with Gasteiger partial charge < -0.3 is 14.8 Å². The molecule has 162 valence electrons. The standard InChI is InChI=1S/C21H24N2O4S2.ClH/c1-26-21-13-17(6-9-20(21)27-15-18-3-2-12-28-18)14-23-11-10-16-4-7-19(8-5-16)29(22,24)25;/h2-9,12-13,23H,10-11,14-15H2,1H3,(H2,22,24,25);1H. The van der Waals surface area contributed by atoms with E-state index in [2.05, 4.69) is 5.32 Å². The van der Waals surface area contributed by atoms with Crippen molar-refractivity contribution in [1.29, 1.82) is 0 Å². The molecule has 3 N–H and O–H groups in total. The van der Waals surface area contributed by atoms with E-state index in [4.69, 9.17) is 14.6 Å². The Labute approximate surface area is 187 Å². The average Bonchev–Trinajstić information content (AvgIpc) is 3.23. The van der Waals surface area contributed by atoms with E-state index in [1.165, 1.54) is 12.1 Å². The quantitative estimate of drug-likeness (QED) is 0.442. The van der Waals surface area contributed by atoms with E-state index in [1.54, 1.807) is 30.6 Å². The number of hydrogen-bond donors (Lipinski definition) is 2. The fraction of sp³-hybridized carbons (Fsp3) is 0.238. The summed E-state index contributed by atoms with van der Waals surface area (Å²) in [5, 5.41) is 10.5. The van der Waals surface area contributed by atoms with Gasteiger partial charge >= 0.3 is 0 Å². The second-order valence-electron chi connectivity index (χ2n) is 6.47. The van der Waals surface area contributed by atoms with E-state index in [-0.39, 0.29) is 17.3 Å². The first kappa shape index (κ1) is 24.2. The molecule has 0 amide bonds. The Balaban J connectivity index is 0.00000320. The molecule has 1 aromatic heterocycles. The molecule has 0 saturated carbocycles. The fourth-order valence-corrected chi connectivity index (χ4v) is 3.93. The zero-order chi connectivity index (χ0) is 20.7. The lowest BCUT2D eigenvalue weighted by Crippen LogP contribution is -2.17. The molecule has 6 nitrogen and oxygen atoms in total. The monoisotopic (exact) mass is 468 g/mol. The molecule has 0 atom stereocenters. The first-order valence-electron chi connectivity index (χ1n) is 9.10. The number of hydrogen-bond acceptors (Lipinski definition) is 6. The van der Waals surface area contributed by atoms with Crippen molar-refractivity contribution in [2.24, 2.45) is 5.14 Å². The van der Waals surface area contributed by atoms with Gasteiger partial charge in [-0.15, -0.1) is 23.7 Å². The minimum Gasteiger partial charge on any atom is -0.493 e. The van der Waals surface area contributed by atoms with Crippen molar-refractivity contribution < 1.29 is 17.9 Å². The zero-order valence-corrected chi connectivity index (χ0v) is 19.0. The third kappa shape index (κ3) is 7.00. The van der Waals surface area contributed by atoms with Crippen molar-refractivity contribution in [3.05, 3.63) is 76.0 Å². The molecule has 0 fully saturated rings. The summed E-state index contributed by atoms with van der Waals surface area (Å²) >= 11 is 1.66. The highest BCUT2D eigenvalue weighted by molar-refractivity contribution is 7.89. The summed E-state index contributed by atoms with van der Waals surface area (Å²) in [5.41, 5.74) is 2.13. The Morgan fingerprint density at radius 2 is 1.77 bits per heavy atom. The number of primary sulfonamides is 1.